The zero-order valence-electron chi connectivity index (χ0n) is 19.0. The second-order valence-electron chi connectivity index (χ2n) is 11.5. The van der Waals surface area contributed by atoms with E-state index >= 15 is 0 Å². The molecule has 1 amide bonds. The van der Waals surface area contributed by atoms with E-state index in [1.807, 2.05) is 30.8 Å². The van der Waals surface area contributed by atoms with Gasteiger partial charge in [-0.1, -0.05) is 6.92 Å². The van der Waals surface area contributed by atoms with Gasteiger partial charge in [-0.25, -0.2) is 0 Å². The number of likely N-dealkylation sites (tertiary alicyclic amines) is 1. The molecule has 6 rings (SSSR count). The second-order valence-corrected chi connectivity index (χ2v) is 11.5. The first-order valence-electron chi connectivity index (χ1n) is 12.1. The molecule has 7 unspecified atom stereocenters. The molecule has 7 heteroatoms. The largest absolute Gasteiger partial charge is 0.458 e. The van der Waals surface area contributed by atoms with Crippen molar-refractivity contribution in [3.8, 4) is 6.07 Å². The van der Waals surface area contributed by atoms with Crippen LogP contribution in [0.5, 0.6) is 0 Å². The topological polar surface area (TPSA) is 99.7 Å². The first-order chi connectivity index (χ1) is 14.7. The first kappa shape index (κ1) is 21.2. The number of esters is 1. The number of carbonyl (C=O) groups is 2. The van der Waals surface area contributed by atoms with Crippen LogP contribution in [0.1, 0.15) is 64.7 Å². The molecule has 0 spiro atoms. The Bertz CT molecular complexity index is 806. The van der Waals surface area contributed by atoms with Gasteiger partial charge in [-0.05, 0) is 95.1 Å². The van der Waals surface area contributed by atoms with Gasteiger partial charge >= 0.3 is 5.97 Å². The van der Waals surface area contributed by atoms with Crippen molar-refractivity contribution in [2.45, 2.75) is 94.5 Å². The lowest BCUT2D eigenvalue weighted by atomic mass is 9.46. The van der Waals surface area contributed by atoms with E-state index in [9.17, 15) is 14.9 Å². The van der Waals surface area contributed by atoms with Gasteiger partial charge in [0.05, 0.1) is 12.1 Å². The zero-order valence-corrected chi connectivity index (χ0v) is 19.0. The summed E-state index contributed by atoms with van der Waals surface area (Å²) < 4.78 is 6.30. The maximum absolute atomic E-state index is 13.6. The number of rotatable bonds is 6. The lowest BCUT2D eigenvalue weighted by Crippen LogP contribution is -2.66. The van der Waals surface area contributed by atoms with E-state index in [1.54, 1.807) is 0 Å². The number of likely N-dealkylation sites (N-methyl/N-ethyl adjacent to an activating group) is 1. The molecule has 1 saturated heterocycles. The average Bonchev–Trinajstić information content (AvgIpc) is 3.35. The van der Waals surface area contributed by atoms with E-state index in [4.69, 9.17) is 10.5 Å². The summed E-state index contributed by atoms with van der Waals surface area (Å²) >= 11 is 0. The number of nitriles is 1. The van der Waals surface area contributed by atoms with Gasteiger partial charge in [0.1, 0.15) is 17.7 Å². The minimum absolute atomic E-state index is 0.0419. The van der Waals surface area contributed by atoms with Crippen LogP contribution < -0.4 is 5.73 Å². The highest BCUT2D eigenvalue weighted by Gasteiger charge is 2.64. The van der Waals surface area contributed by atoms with Crippen molar-refractivity contribution in [3.63, 3.8) is 0 Å². The fourth-order valence-corrected chi connectivity index (χ4v) is 8.07. The van der Waals surface area contributed by atoms with Crippen molar-refractivity contribution in [2.75, 3.05) is 14.1 Å². The summed E-state index contributed by atoms with van der Waals surface area (Å²) in [6.07, 6.45) is 8.05. The summed E-state index contributed by atoms with van der Waals surface area (Å²) in [6, 6.07) is 1.36. The molecule has 2 N–H and O–H groups in total. The predicted molar refractivity (Wildman–Crippen MR) is 114 cm³/mol. The molecule has 0 aromatic carbocycles. The Morgan fingerprint density at radius 2 is 1.87 bits per heavy atom. The van der Waals surface area contributed by atoms with E-state index in [0.717, 1.165) is 44.9 Å². The number of piperidine rings is 1. The number of hydrogen-bond acceptors (Lipinski definition) is 6. The standard InChI is InChI=1S/C24H36N4O3/c1-4-18(27(2)3)22(30)31-24-10-14-5-15(11-24)9-23(8-14,13-24)20(26)21(29)28-17(12-25)6-16-7-19(16)28/h14-20H,4-11,13,26H2,1-3H3. The molecule has 5 aliphatic carbocycles. The summed E-state index contributed by atoms with van der Waals surface area (Å²) in [7, 11) is 3.83. The molecule has 6 fully saturated rings. The third-order valence-electron chi connectivity index (χ3n) is 9.09. The molecule has 0 radical (unpaired) electrons. The fraction of sp³-hybridized carbons (Fsp3) is 0.875. The van der Waals surface area contributed by atoms with Crippen molar-refractivity contribution >= 4 is 11.9 Å². The highest BCUT2D eigenvalue weighted by molar-refractivity contribution is 5.84. The highest BCUT2D eigenvalue weighted by atomic mass is 16.6. The molecular weight excluding hydrogens is 392 g/mol. The number of nitrogens with zero attached hydrogens (tertiary/aromatic N) is 3. The number of carbonyl (C=O) groups excluding carboxylic acids is 2. The minimum Gasteiger partial charge on any atom is -0.458 e. The number of nitrogens with two attached hydrogens (primary N) is 1. The number of fused-ring (bicyclic) bond motifs is 1. The number of hydrogen-bond donors (Lipinski definition) is 1. The van der Waals surface area contributed by atoms with Crippen molar-refractivity contribution in [3.05, 3.63) is 0 Å². The van der Waals surface area contributed by atoms with Crippen molar-refractivity contribution in [1.29, 1.82) is 5.26 Å². The van der Waals surface area contributed by atoms with Crippen LogP contribution >= 0.6 is 0 Å². The Morgan fingerprint density at radius 1 is 1.19 bits per heavy atom. The van der Waals surface area contributed by atoms with E-state index < -0.39 is 11.6 Å². The summed E-state index contributed by atoms with van der Waals surface area (Å²) in [6.45, 7) is 2.01. The van der Waals surface area contributed by atoms with Crippen LogP contribution in [0, 0.1) is 34.5 Å². The molecule has 1 heterocycles. The average molecular weight is 429 g/mol. The van der Waals surface area contributed by atoms with Crippen molar-refractivity contribution < 1.29 is 14.3 Å². The third kappa shape index (κ3) is 3.29. The monoisotopic (exact) mass is 428 g/mol. The Balaban J connectivity index is 1.38. The number of amides is 1. The van der Waals surface area contributed by atoms with Crippen molar-refractivity contribution in [1.82, 2.24) is 9.80 Å². The summed E-state index contributed by atoms with van der Waals surface area (Å²) in [5.74, 6) is 1.23. The molecule has 6 aliphatic rings. The van der Waals surface area contributed by atoms with Crippen molar-refractivity contribution in [2.24, 2.45) is 28.9 Å². The van der Waals surface area contributed by atoms with Gasteiger partial charge in [0.25, 0.3) is 0 Å². The molecular formula is C24H36N4O3. The molecule has 31 heavy (non-hydrogen) atoms. The van der Waals surface area contributed by atoms with Crippen LogP contribution in [0.15, 0.2) is 0 Å². The van der Waals surface area contributed by atoms with Crippen LogP contribution in [0.2, 0.25) is 0 Å². The molecule has 170 valence electrons. The van der Waals surface area contributed by atoms with Gasteiger partial charge in [0.2, 0.25) is 5.91 Å². The molecule has 0 aromatic heterocycles. The smallest absolute Gasteiger partial charge is 0.323 e. The van der Waals surface area contributed by atoms with E-state index in [0.29, 0.717) is 30.6 Å². The zero-order chi connectivity index (χ0) is 22.1. The Kier molecular flexibility index (Phi) is 4.91. The van der Waals surface area contributed by atoms with E-state index in [2.05, 4.69) is 6.07 Å². The van der Waals surface area contributed by atoms with Crippen LogP contribution in [0.4, 0.5) is 0 Å². The van der Waals surface area contributed by atoms with E-state index in [1.165, 1.54) is 0 Å². The van der Waals surface area contributed by atoms with Crippen LogP contribution in [0.25, 0.3) is 0 Å². The van der Waals surface area contributed by atoms with Gasteiger partial charge < -0.3 is 15.4 Å². The fourth-order valence-electron chi connectivity index (χ4n) is 8.07. The Labute approximate surface area is 185 Å². The quantitative estimate of drug-likeness (QED) is 0.650. The Morgan fingerprint density at radius 3 is 2.45 bits per heavy atom. The second kappa shape index (κ2) is 7.18. The van der Waals surface area contributed by atoms with Gasteiger partial charge in [0, 0.05) is 6.04 Å². The van der Waals surface area contributed by atoms with Gasteiger partial charge in [-0.2, -0.15) is 5.26 Å². The maximum Gasteiger partial charge on any atom is 0.323 e. The predicted octanol–water partition coefficient (Wildman–Crippen LogP) is 2.05. The maximum atomic E-state index is 13.6. The lowest BCUT2D eigenvalue weighted by molar-refractivity contribution is -0.209. The van der Waals surface area contributed by atoms with Gasteiger partial charge in [-0.15, -0.1) is 0 Å². The normalized spacial score (nSPS) is 44.0. The SMILES string of the molecule is CCC(C(=O)OC12CC3CC(C1)CC(C(N)C(=O)N1C(C#N)CC4CC41)(C3)C2)N(C)C. The molecule has 0 aromatic rings. The molecule has 4 bridgehead atoms. The van der Waals surface area contributed by atoms with Gasteiger partial charge in [-0.3, -0.25) is 14.5 Å². The highest BCUT2D eigenvalue weighted by Crippen LogP contribution is 2.64. The lowest BCUT2D eigenvalue weighted by Gasteiger charge is -2.62. The minimum atomic E-state index is -0.609. The summed E-state index contributed by atoms with van der Waals surface area (Å²) in [5, 5.41) is 9.55. The molecule has 7 atom stereocenters. The number of ether oxygens (including phenoxy) is 1. The molecule has 1 aliphatic heterocycles. The van der Waals surface area contributed by atoms with Crippen LogP contribution in [-0.2, 0) is 14.3 Å². The first-order valence-corrected chi connectivity index (χ1v) is 12.1. The Hall–Kier alpha value is -1.65. The summed E-state index contributed by atoms with van der Waals surface area (Å²) in [4.78, 5) is 30.4. The summed E-state index contributed by atoms with van der Waals surface area (Å²) in [5.41, 5.74) is 5.98. The molecule has 5 saturated carbocycles. The van der Waals surface area contributed by atoms with Gasteiger partial charge in [0.15, 0.2) is 0 Å². The van der Waals surface area contributed by atoms with Crippen LogP contribution in [-0.4, -0.2) is 65.5 Å². The molecule has 7 nitrogen and oxygen atoms in total. The van der Waals surface area contributed by atoms with E-state index in [-0.39, 0.29) is 35.4 Å². The van der Waals surface area contributed by atoms with Crippen LogP contribution in [0.3, 0.4) is 0 Å². The third-order valence-corrected chi connectivity index (χ3v) is 9.09.